The summed E-state index contributed by atoms with van der Waals surface area (Å²) in [7, 11) is 1.33. The van der Waals surface area contributed by atoms with Crippen molar-refractivity contribution in [2.24, 2.45) is 5.16 Å². The van der Waals surface area contributed by atoms with Crippen molar-refractivity contribution < 1.29 is 24.0 Å². The van der Waals surface area contributed by atoms with Crippen LogP contribution in [0.25, 0.3) is 10.1 Å². The number of nitrogens with zero attached hydrogens (tertiary/aromatic N) is 4. The maximum Gasteiger partial charge on any atom is 0.355 e. The van der Waals surface area contributed by atoms with Gasteiger partial charge in [-0.25, -0.2) is 9.78 Å². The molecule has 0 unspecified atom stereocenters. The normalized spacial score (nSPS) is 17.0. The fraction of sp³-hybridized carbons (Fsp3) is 0.227. The Morgan fingerprint density at radius 1 is 0.864 bits per heavy atom. The number of carbonyl (C=O) groups excluding carboxylic acids is 3. The van der Waals surface area contributed by atoms with Crippen LogP contribution in [0.5, 0.6) is 0 Å². The molecule has 2 aliphatic heterocycles. The zero-order valence-corrected chi connectivity index (χ0v) is 35.0. The zero-order chi connectivity index (χ0) is 41.3. The molecule has 1 fully saturated rings. The summed E-state index contributed by atoms with van der Waals surface area (Å²) in [5.41, 5.74) is 1.84. The molecule has 300 valence electrons. The number of hydrogen-bond donors (Lipinski definition) is 2. The summed E-state index contributed by atoms with van der Waals surface area (Å²) in [5, 5.41) is 12.8. The number of nitrogens with one attached hydrogen (secondary N) is 2. The Morgan fingerprint density at radius 3 is 2.03 bits per heavy atom. The molecule has 6 aromatic rings. The smallest absolute Gasteiger partial charge is 0.355 e. The summed E-state index contributed by atoms with van der Waals surface area (Å²) >= 11 is 3.99. The van der Waals surface area contributed by atoms with Gasteiger partial charge in [0.1, 0.15) is 41.1 Å². The molecular weight excluding hydrogens is 805 g/mol. The number of carbonyl (C=O) groups is 3. The van der Waals surface area contributed by atoms with Crippen molar-refractivity contribution >= 4 is 73.3 Å². The summed E-state index contributed by atoms with van der Waals surface area (Å²) in [6.45, 7) is 5.36. The fourth-order valence-corrected chi connectivity index (χ4v) is 10.4. The van der Waals surface area contributed by atoms with E-state index < -0.39 is 40.3 Å². The van der Waals surface area contributed by atoms with Crippen LogP contribution in [0.2, 0.25) is 0 Å². The standard InChI is InChI=1S/C44H40N6O6S3/c1-43(2,3)56-41(54)36-27(24-49-38(52)31-22-14-15-23-33(31)59-49)25-57-40-35(39(53)50(36)40)46-37(51)34(48-55-4)32-26-58-42(45-32)47-44(28-16-8-5-9-17-28,29-18-10-6-11-19-29)30-20-12-7-13-21-30/h5-23,26,35,40H,24-25H2,1-4H3,(H,45,47)(H,46,51)/t35-,40-/m1/s1. The van der Waals surface area contributed by atoms with Gasteiger partial charge in [-0.2, -0.15) is 0 Å². The van der Waals surface area contributed by atoms with Gasteiger partial charge >= 0.3 is 5.97 Å². The van der Waals surface area contributed by atoms with Gasteiger partial charge in [0.2, 0.25) is 0 Å². The largest absolute Gasteiger partial charge is 0.455 e. The quantitative estimate of drug-likeness (QED) is 0.0439. The first-order chi connectivity index (χ1) is 28.5. The van der Waals surface area contributed by atoms with E-state index in [4.69, 9.17) is 14.6 Å². The Labute approximate surface area is 352 Å². The van der Waals surface area contributed by atoms with Gasteiger partial charge in [-0.15, -0.1) is 23.1 Å². The minimum atomic E-state index is -0.987. The highest BCUT2D eigenvalue weighted by Crippen LogP contribution is 2.43. The van der Waals surface area contributed by atoms with Gasteiger partial charge in [0.25, 0.3) is 17.4 Å². The molecule has 0 bridgehead atoms. The minimum Gasteiger partial charge on any atom is -0.455 e. The Hall–Kier alpha value is -6.03. The van der Waals surface area contributed by atoms with E-state index in [1.54, 1.807) is 36.2 Å². The Kier molecular flexibility index (Phi) is 11.0. The molecule has 59 heavy (non-hydrogen) atoms. The van der Waals surface area contributed by atoms with Crippen LogP contribution in [0.1, 0.15) is 43.2 Å². The number of oxime groups is 1. The summed E-state index contributed by atoms with van der Waals surface area (Å²) in [4.78, 5) is 66.5. The number of aromatic nitrogens is 2. The molecule has 0 saturated carbocycles. The van der Waals surface area contributed by atoms with Crippen molar-refractivity contribution in [1.29, 1.82) is 0 Å². The summed E-state index contributed by atoms with van der Waals surface area (Å²) in [6.07, 6.45) is 0. The van der Waals surface area contributed by atoms with Gasteiger partial charge in [-0.05, 0) is 55.2 Å². The van der Waals surface area contributed by atoms with Gasteiger partial charge in [0.05, 0.1) is 16.6 Å². The summed E-state index contributed by atoms with van der Waals surface area (Å²) in [5.74, 6) is -1.52. The number of thioether (sulfide) groups is 1. The molecule has 2 amide bonds. The van der Waals surface area contributed by atoms with Gasteiger partial charge in [-0.1, -0.05) is 120 Å². The van der Waals surface area contributed by atoms with Gasteiger partial charge < -0.3 is 20.2 Å². The van der Waals surface area contributed by atoms with Crippen LogP contribution < -0.4 is 16.2 Å². The third-order valence-electron chi connectivity index (χ3n) is 9.87. The molecule has 8 rings (SSSR count). The van der Waals surface area contributed by atoms with Crippen molar-refractivity contribution in [2.45, 2.75) is 49.9 Å². The number of amides is 2. The second-order valence-electron chi connectivity index (χ2n) is 14.9. The van der Waals surface area contributed by atoms with Crippen LogP contribution in [0, 0.1) is 0 Å². The fourth-order valence-electron chi connectivity index (χ4n) is 7.30. The molecule has 1 saturated heterocycles. The maximum atomic E-state index is 14.0. The lowest BCUT2D eigenvalue weighted by atomic mass is 9.77. The van der Waals surface area contributed by atoms with Crippen LogP contribution in [0.3, 0.4) is 0 Å². The monoisotopic (exact) mass is 844 g/mol. The molecule has 12 nitrogen and oxygen atoms in total. The lowest BCUT2D eigenvalue weighted by Crippen LogP contribution is -2.71. The van der Waals surface area contributed by atoms with E-state index in [1.165, 1.54) is 46.6 Å². The van der Waals surface area contributed by atoms with Crippen LogP contribution in [0.4, 0.5) is 5.13 Å². The van der Waals surface area contributed by atoms with E-state index in [2.05, 4.69) is 52.2 Å². The van der Waals surface area contributed by atoms with Crippen molar-refractivity contribution in [2.75, 3.05) is 18.2 Å². The van der Waals surface area contributed by atoms with E-state index >= 15 is 0 Å². The molecule has 0 radical (unpaired) electrons. The summed E-state index contributed by atoms with van der Waals surface area (Å²) < 4.78 is 8.19. The first kappa shape index (κ1) is 39.8. The van der Waals surface area contributed by atoms with Crippen LogP contribution in [-0.4, -0.2) is 67.2 Å². The Morgan fingerprint density at radius 2 is 1.46 bits per heavy atom. The second-order valence-corrected chi connectivity index (χ2v) is 17.9. The molecule has 2 aliphatic rings. The highest BCUT2D eigenvalue weighted by atomic mass is 32.2. The highest BCUT2D eigenvalue weighted by Gasteiger charge is 2.55. The minimum absolute atomic E-state index is 0.0864. The number of rotatable bonds is 12. The van der Waals surface area contributed by atoms with Crippen molar-refractivity contribution in [1.82, 2.24) is 19.2 Å². The molecule has 2 N–H and O–H groups in total. The predicted molar refractivity (Wildman–Crippen MR) is 232 cm³/mol. The Balaban J connectivity index is 1.06. The van der Waals surface area contributed by atoms with E-state index in [1.807, 2.05) is 72.8 Å². The van der Waals surface area contributed by atoms with Gasteiger partial charge in [-0.3, -0.25) is 23.2 Å². The zero-order valence-electron chi connectivity index (χ0n) is 32.6. The van der Waals surface area contributed by atoms with Crippen molar-refractivity contribution in [3.63, 3.8) is 0 Å². The molecule has 2 atom stereocenters. The van der Waals surface area contributed by atoms with E-state index in [0.717, 1.165) is 21.4 Å². The number of fused-ring (bicyclic) bond motifs is 2. The molecule has 4 aromatic carbocycles. The molecule has 2 aromatic heterocycles. The van der Waals surface area contributed by atoms with Crippen molar-refractivity contribution in [3.8, 4) is 0 Å². The van der Waals surface area contributed by atoms with E-state index in [-0.39, 0.29) is 29.2 Å². The van der Waals surface area contributed by atoms with Crippen molar-refractivity contribution in [3.05, 3.63) is 165 Å². The maximum absolute atomic E-state index is 14.0. The van der Waals surface area contributed by atoms with E-state index in [9.17, 15) is 19.2 Å². The average molecular weight is 845 g/mol. The first-order valence-electron chi connectivity index (χ1n) is 18.8. The first-order valence-corrected chi connectivity index (χ1v) is 21.5. The number of thiazole rings is 1. The lowest BCUT2D eigenvalue weighted by molar-refractivity contribution is -0.158. The van der Waals surface area contributed by atoms with Crippen LogP contribution >= 0.6 is 34.6 Å². The number of benzene rings is 4. The topological polar surface area (TPSA) is 144 Å². The summed E-state index contributed by atoms with van der Waals surface area (Å²) in [6, 6.07) is 36.6. The molecule has 0 aliphatic carbocycles. The number of ether oxygens (including phenoxy) is 1. The third kappa shape index (κ3) is 7.68. The van der Waals surface area contributed by atoms with Gasteiger partial charge in [0, 0.05) is 11.1 Å². The lowest BCUT2D eigenvalue weighted by Gasteiger charge is -2.50. The Bertz CT molecular complexity index is 2550. The number of esters is 1. The van der Waals surface area contributed by atoms with Crippen LogP contribution in [-0.2, 0) is 36.0 Å². The van der Waals surface area contributed by atoms with Crippen LogP contribution in [0.15, 0.2) is 142 Å². The molecule has 15 heteroatoms. The number of hydrogen-bond acceptors (Lipinski definition) is 12. The average Bonchev–Trinajstić information content (AvgIpc) is 3.84. The second kappa shape index (κ2) is 16.3. The molecular formula is C44H40N6O6S3. The third-order valence-corrected chi connectivity index (χ3v) is 13.0. The van der Waals surface area contributed by atoms with E-state index in [0.29, 0.717) is 21.8 Å². The molecule has 4 heterocycles. The van der Waals surface area contributed by atoms with Gasteiger partial charge in [0.15, 0.2) is 10.8 Å². The number of β-lactam (4-membered cyclic amide) rings is 1. The molecule has 0 spiro atoms. The number of anilines is 1. The SMILES string of the molecule is CON=C(C(=O)N[C@@H]1C(=O)N2C(C(=O)OC(C)(C)C)=C(Cn3sc4ccccc4c3=O)CS[C@H]12)c1csc(NC(c2ccccc2)(c2ccccc2)c2ccccc2)n1. The predicted octanol–water partition coefficient (Wildman–Crippen LogP) is 6.97. The highest BCUT2D eigenvalue weighted by molar-refractivity contribution is 8.00.